The van der Waals surface area contributed by atoms with Gasteiger partial charge in [0.25, 0.3) is 0 Å². The van der Waals surface area contributed by atoms with E-state index in [0.29, 0.717) is 5.82 Å². The molecule has 0 bridgehead atoms. The fraction of sp³-hybridized carbons (Fsp3) is 0.0714. The molecule has 0 spiro atoms. The molecule has 4 nitrogen and oxygen atoms in total. The summed E-state index contributed by atoms with van der Waals surface area (Å²) in [6, 6.07) is 13.7. The number of halogens is 1. The van der Waals surface area contributed by atoms with E-state index in [4.69, 9.17) is 5.26 Å². The summed E-state index contributed by atoms with van der Waals surface area (Å²) >= 11 is 3.49. The fourth-order valence-corrected chi connectivity index (χ4v) is 2.48. The molecule has 0 radical (unpaired) electrons. The van der Waals surface area contributed by atoms with Crippen LogP contribution in [-0.4, -0.2) is 14.5 Å². The first kappa shape index (κ1) is 11.9. The highest BCUT2D eigenvalue weighted by Crippen LogP contribution is 2.25. The van der Waals surface area contributed by atoms with Crippen LogP contribution in [0.5, 0.6) is 0 Å². The Labute approximate surface area is 118 Å². The molecule has 0 amide bonds. The summed E-state index contributed by atoms with van der Waals surface area (Å²) in [5.74, 6) is 1.45. The minimum absolute atomic E-state index is 0.248. The van der Waals surface area contributed by atoms with Crippen LogP contribution < -0.4 is 0 Å². The molecule has 3 rings (SSSR count). The van der Waals surface area contributed by atoms with Gasteiger partial charge in [-0.1, -0.05) is 12.1 Å². The van der Waals surface area contributed by atoms with Crippen molar-refractivity contribution in [2.75, 3.05) is 0 Å². The lowest BCUT2D eigenvalue weighted by Crippen LogP contribution is -2.03. The molecule has 0 N–H and O–H groups in total. The van der Waals surface area contributed by atoms with Gasteiger partial charge in [0, 0.05) is 6.20 Å². The molecule has 0 aliphatic carbocycles. The Balaban J connectivity index is 2.35. The second-order valence-electron chi connectivity index (χ2n) is 4.00. The van der Waals surface area contributed by atoms with Gasteiger partial charge in [-0.25, -0.2) is 9.97 Å². The quantitative estimate of drug-likeness (QED) is 0.730. The van der Waals surface area contributed by atoms with E-state index < -0.39 is 0 Å². The summed E-state index contributed by atoms with van der Waals surface area (Å²) < 4.78 is 2.79. The van der Waals surface area contributed by atoms with Gasteiger partial charge in [0.15, 0.2) is 5.82 Å². The Morgan fingerprint density at radius 1 is 1.21 bits per heavy atom. The van der Waals surface area contributed by atoms with Crippen LogP contribution in [0, 0.1) is 11.3 Å². The standard InChI is InChI=1S/C14H9BrN4/c15-10-4-3-9-17-14(10)19-12-6-2-1-5-11(12)18-13(19)7-8-16/h1-6,9H,7H2. The highest BCUT2D eigenvalue weighted by molar-refractivity contribution is 9.10. The van der Waals surface area contributed by atoms with E-state index in [0.717, 1.165) is 21.3 Å². The molecule has 19 heavy (non-hydrogen) atoms. The first-order chi connectivity index (χ1) is 9.31. The smallest absolute Gasteiger partial charge is 0.152 e. The third kappa shape index (κ3) is 2.00. The zero-order valence-corrected chi connectivity index (χ0v) is 11.5. The monoisotopic (exact) mass is 312 g/mol. The molecule has 3 aromatic rings. The van der Waals surface area contributed by atoms with Crippen LogP contribution in [0.25, 0.3) is 16.9 Å². The van der Waals surface area contributed by atoms with E-state index >= 15 is 0 Å². The zero-order chi connectivity index (χ0) is 13.2. The number of benzene rings is 1. The number of hydrogen-bond acceptors (Lipinski definition) is 3. The SMILES string of the molecule is N#CCc1nc2ccccc2n1-c1ncccc1Br. The number of imidazole rings is 1. The zero-order valence-electron chi connectivity index (χ0n) is 9.92. The third-order valence-corrected chi connectivity index (χ3v) is 3.44. The Kier molecular flexibility index (Phi) is 3.02. The molecule has 0 saturated heterocycles. The van der Waals surface area contributed by atoms with Crippen molar-refractivity contribution >= 4 is 27.0 Å². The average molecular weight is 313 g/mol. The van der Waals surface area contributed by atoms with Crippen LogP contribution in [0.1, 0.15) is 5.82 Å². The molecule has 2 heterocycles. The summed E-state index contributed by atoms with van der Waals surface area (Å²) in [4.78, 5) is 8.88. The maximum atomic E-state index is 8.95. The molecule has 1 aromatic carbocycles. The highest BCUT2D eigenvalue weighted by atomic mass is 79.9. The summed E-state index contributed by atoms with van der Waals surface area (Å²) in [6.45, 7) is 0. The van der Waals surface area contributed by atoms with E-state index in [1.54, 1.807) is 6.20 Å². The van der Waals surface area contributed by atoms with Gasteiger partial charge in [0.2, 0.25) is 0 Å². The van der Waals surface area contributed by atoms with Crippen molar-refractivity contribution in [1.82, 2.24) is 14.5 Å². The Morgan fingerprint density at radius 2 is 2.05 bits per heavy atom. The summed E-state index contributed by atoms with van der Waals surface area (Å²) in [5, 5.41) is 8.95. The van der Waals surface area contributed by atoms with Crippen LogP contribution in [0.2, 0.25) is 0 Å². The van der Waals surface area contributed by atoms with Crippen molar-refractivity contribution in [1.29, 1.82) is 5.26 Å². The Morgan fingerprint density at radius 3 is 2.84 bits per heavy atom. The predicted molar refractivity (Wildman–Crippen MR) is 75.9 cm³/mol. The lowest BCUT2D eigenvalue weighted by Gasteiger charge is -2.08. The maximum absolute atomic E-state index is 8.95. The normalized spacial score (nSPS) is 10.5. The number of pyridine rings is 1. The lowest BCUT2D eigenvalue weighted by molar-refractivity contribution is 0.916. The van der Waals surface area contributed by atoms with Gasteiger partial charge >= 0.3 is 0 Å². The number of fused-ring (bicyclic) bond motifs is 1. The fourth-order valence-electron chi connectivity index (χ4n) is 2.04. The molecule has 92 valence electrons. The second-order valence-corrected chi connectivity index (χ2v) is 4.85. The predicted octanol–water partition coefficient (Wildman–Crippen LogP) is 3.25. The maximum Gasteiger partial charge on any atom is 0.152 e. The Hall–Kier alpha value is -2.19. The van der Waals surface area contributed by atoms with Crippen LogP contribution in [0.3, 0.4) is 0 Å². The van der Waals surface area contributed by atoms with Gasteiger partial charge in [-0.15, -0.1) is 0 Å². The van der Waals surface area contributed by atoms with Crippen LogP contribution >= 0.6 is 15.9 Å². The molecule has 0 fully saturated rings. The van der Waals surface area contributed by atoms with Gasteiger partial charge in [0.1, 0.15) is 5.82 Å². The van der Waals surface area contributed by atoms with Crippen molar-refractivity contribution in [3.05, 3.63) is 52.9 Å². The van der Waals surface area contributed by atoms with Crippen LogP contribution in [-0.2, 0) is 6.42 Å². The van der Waals surface area contributed by atoms with Crippen molar-refractivity contribution in [3.8, 4) is 11.9 Å². The second kappa shape index (κ2) is 4.82. The van der Waals surface area contributed by atoms with Crippen molar-refractivity contribution in [3.63, 3.8) is 0 Å². The number of para-hydroxylation sites is 2. The molecule has 0 aliphatic rings. The van der Waals surface area contributed by atoms with E-state index in [-0.39, 0.29) is 6.42 Å². The van der Waals surface area contributed by atoms with Gasteiger partial charge in [-0.05, 0) is 40.2 Å². The van der Waals surface area contributed by atoms with E-state index in [1.165, 1.54) is 0 Å². The molecule has 2 aromatic heterocycles. The van der Waals surface area contributed by atoms with E-state index in [9.17, 15) is 0 Å². The molecule has 0 atom stereocenters. The summed E-state index contributed by atoms with van der Waals surface area (Å²) in [7, 11) is 0. The Bertz CT molecular complexity index is 785. The number of nitrogens with zero attached hydrogens (tertiary/aromatic N) is 4. The van der Waals surface area contributed by atoms with E-state index in [1.807, 2.05) is 41.0 Å². The minimum Gasteiger partial charge on any atom is -0.278 e. The van der Waals surface area contributed by atoms with Crippen molar-refractivity contribution in [2.45, 2.75) is 6.42 Å². The van der Waals surface area contributed by atoms with Crippen molar-refractivity contribution < 1.29 is 0 Å². The molecule has 5 heteroatoms. The minimum atomic E-state index is 0.248. The van der Waals surface area contributed by atoms with Gasteiger partial charge < -0.3 is 0 Å². The highest BCUT2D eigenvalue weighted by Gasteiger charge is 2.14. The number of rotatable bonds is 2. The summed E-state index contributed by atoms with van der Waals surface area (Å²) in [6.07, 6.45) is 1.97. The number of hydrogen-bond donors (Lipinski definition) is 0. The topological polar surface area (TPSA) is 54.5 Å². The summed E-state index contributed by atoms with van der Waals surface area (Å²) in [5.41, 5.74) is 1.82. The van der Waals surface area contributed by atoms with Crippen LogP contribution in [0.15, 0.2) is 47.1 Å². The van der Waals surface area contributed by atoms with Crippen molar-refractivity contribution in [2.24, 2.45) is 0 Å². The number of nitriles is 1. The van der Waals surface area contributed by atoms with Gasteiger partial charge in [-0.2, -0.15) is 5.26 Å². The van der Waals surface area contributed by atoms with E-state index in [2.05, 4.69) is 32.0 Å². The lowest BCUT2D eigenvalue weighted by atomic mass is 10.3. The van der Waals surface area contributed by atoms with Crippen LogP contribution in [0.4, 0.5) is 0 Å². The average Bonchev–Trinajstić information content (AvgIpc) is 2.78. The molecule has 0 saturated carbocycles. The molecular formula is C14H9BrN4. The molecular weight excluding hydrogens is 304 g/mol. The molecule has 0 aliphatic heterocycles. The van der Waals surface area contributed by atoms with Gasteiger partial charge in [0.05, 0.1) is 28.0 Å². The first-order valence-electron chi connectivity index (χ1n) is 5.75. The van der Waals surface area contributed by atoms with Gasteiger partial charge in [-0.3, -0.25) is 4.57 Å². The third-order valence-electron chi connectivity index (χ3n) is 2.82. The largest absolute Gasteiger partial charge is 0.278 e. The molecule has 0 unspecified atom stereocenters. The first-order valence-corrected chi connectivity index (χ1v) is 6.55. The number of aromatic nitrogens is 3.